The number of guanidine groups is 1. The molecule has 2 N–H and O–H groups in total. The molecule has 5 nitrogen and oxygen atoms in total. The van der Waals surface area contributed by atoms with Crippen LogP contribution >= 0.6 is 24.0 Å². The van der Waals surface area contributed by atoms with Crippen molar-refractivity contribution >= 4 is 29.9 Å². The van der Waals surface area contributed by atoms with Crippen molar-refractivity contribution < 1.29 is 4.39 Å². The molecule has 2 aromatic rings. The molecule has 0 bridgehead atoms. The van der Waals surface area contributed by atoms with Crippen LogP contribution in [-0.2, 0) is 19.4 Å². The third-order valence-corrected chi connectivity index (χ3v) is 4.97. The summed E-state index contributed by atoms with van der Waals surface area (Å²) in [5.74, 6) is 0.594. The van der Waals surface area contributed by atoms with Crippen LogP contribution in [0.3, 0.4) is 0 Å². The Morgan fingerprint density at radius 1 is 1.39 bits per heavy atom. The average molecular weight is 499 g/mol. The Kier molecular flexibility index (Phi) is 8.27. The molecule has 0 amide bonds. The lowest BCUT2D eigenvalue weighted by Gasteiger charge is -2.24. The Balaban J connectivity index is 0.00000280. The fraction of sp³-hybridized carbons (Fsp3) is 0.524. The molecular formula is C21H31FIN5. The molecule has 1 aromatic carbocycles. The van der Waals surface area contributed by atoms with E-state index >= 15 is 0 Å². The maximum atomic E-state index is 13.7. The van der Waals surface area contributed by atoms with E-state index in [1.54, 1.807) is 19.1 Å². The number of nitrogens with one attached hydrogen (secondary N) is 2. The molecule has 0 fully saturated rings. The number of halogens is 2. The van der Waals surface area contributed by atoms with Crippen LogP contribution in [0.1, 0.15) is 55.6 Å². The van der Waals surface area contributed by atoms with E-state index in [-0.39, 0.29) is 29.8 Å². The van der Waals surface area contributed by atoms with Crippen LogP contribution in [0.2, 0.25) is 0 Å². The lowest BCUT2D eigenvalue weighted by atomic mass is 9.94. The second-order valence-electron chi connectivity index (χ2n) is 7.54. The molecule has 0 aliphatic heterocycles. The highest BCUT2D eigenvalue weighted by Gasteiger charge is 2.23. The van der Waals surface area contributed by atoms with Gasteiger partial charge in [0.25, 0.3) is 0 Å². The molecule has 0 radical (unpaired) electrons. The number of hydrogen-bond donors (Lipinski definition) is 2. The first-order valence-electron chi connectivity index (χ1n) is 9.83. The zero-order chi connectivity index (χ0) is 19.4. The Labute approximate surface area is 184 Å². The van der Waals surface area contributed by atoms with Gasteiger partial charge in [0.2, 0.25) is 0 Å². The molecule has 0 spiro atoms. The molecule has 0 saturated carbocycles. The van der Waals surface area contributed by atoms with Gasteiger partial charge in [-0.3, -0.25) is 4.68 Å². The molecule has 154 valence electrons. The van der Waals surface area contributed by atoms with Gasteiger partial charge in [0.15, 0.2) is 5.96 Å². The van der Waals surface area contributed by atoms with Crippen molar-refractivity contribution in [3.05, 3.63) is 52.6 Å². The van der Waals surface area contributed by atoms with Crippen LogP contribution in [0.25, 0.3) is 0 Å². The molecule has 7 heteroatoms. The van der Waals surface area contributed by atoms with E-state index in [1.807, 2.05) is 13.0 Å². The van der Waals surface area contributed by atoms with Crippen LogP contribution in [0, 0.1) is 12.7 Å². The van der Waals surface area contributed by atoms with Gasteiger partial charge in [0.05, 0.1) is 12.2 Å². The number of fused-ring (bicyclic) bond motifs is 1. The number of rotatable bonds is 5. The zero-order valence-corrected chi connectivity index (χ0v) is 19.5. The molecular weight excluding hydrogens is 468 g/mol. The molecule has 28 heavy (non-hydrogen) atoms. The number of aromatic nitrogens is 2. The summed E-state index contributed by atoms with van der Waals surface area (Å²) in [5, 5.41) is 11.6. The summed E-state index contributed by atoms with van der Waals surface area (Å²) >= 11 is 0. The number of aryl methyl sites for hydroxylation is 2. The van der Waals surface area contributed by atoms with Gasteiger partial charge in [-0.2, -0.15) is 5.10 Å². The molecule has 3 rings (SSSR count). The summed E-state index contributed by atoms with van der Waals surface area (Å²) in [7, 11) is 0. The largest absolute Gasteiger partial charge is 0.357 e. The predicted molar refractivity (Wildman–Crippen MR) is 123 cm³/mol. The van der Waals surface area contributed by atoms with E-state index in [9.17, 15) is 4.39 Å². The number of nitrogens with zero attached hydrogens (tertiary/aromatic N) is 3. The summed E-state index contributed by atoms with van der Waals surface area (Å²) < 4.78 is 15.8. The molecule has 1 atom stereocenters. The summed E-state index contributed by atoms with van der Waals surface area (Å²) in [4.78, 5) is 4.64. The van der Waals surface area contributed by atoms with Gasteiger partial charge in [-0.25, -0.2) is 9.38 Å². The Bertz CT molecular complexity index is 815. The summed E-state index contributed by atoms with van der Waals surface area (Å²) in [6.07, 6.45) is 5.17. The van der Waals surface area contributed by atoms with Gasteiger partial charge in [-0.15, -0.1) is 24.0 Å². The van der Waals surface area contributed by atoms with Crippen molar-refractivity contribution in [1.29, 1.82) is 0 Å². The smallest absolute Gasteiger partial charge is 0.191 e. The maximum Gasteiger partial charge on any atom is 0.191 e. The molecule has 1 aliphatic carbocycles. The van der Waals surface area contributed by atoms with Gasteiger partial charge >= 0.3 is 0 Å². The van der Waals surface area contributed by atoms with Crippen LogP contribution in [-0.4, -0.2) is 28.3 Å². The van der Waals surface area contributed by atoms with E-state index in [0.29, 0.717) is 24.2 Å². The van der Waals surface area contributed by atoms with Crippen molar-refractivity contribution in [1.82, 2.24) is 20.4 Å². The monoisotopic (exact) mass is 499 g/mol. The fourth-order valence-corrected chi connectivity index (χ4v) is 3.32. The first-order chi connectivity index (χ1) is 13.0. The quantitative estimate of drug-likeness (QED) is 0.370. The topological polar surface area (TPSA) is 54.2 Å². The minimum Gasteiger partial charge on any atom is -0.357 e. The standard InChI is InChI=1S/C21H30FN5.HI/c1-5-23-21(24-12-16-7-6-15(4)19(22)10-16)25-18-9-8-17-13-27(14(2)3)26-20(17)11-18;/h6-7,10,13-14,18H,5,8-9,11-12H2,1-4H3,(H2,23,24,25);1H. The van der Waals surface area contributed by atoms with Crippen molar-refractivity contribution in [2.24, 2.45) is 4.99 Å². The molecule has 1 aromatic heterocycles. The Morgan fingerprint density at radius 2 is 2.18 bits per heavy atom. The normalized spacial score (nSPS) is 16.5. The minimum absolute atomic E-state index is 0. The van der Waals surface area contributed by atoms with Crippen molar-refractivity contribution in [2.75, 3.05) is 6.54 Å². The first-order valence-corrected chi connectivity index (χ1v) is 9.83. The minimum atomic E-state index is -0.179. The van der Waals surface area contributed by atoms with E-state index in [4.69, 9.17) is 5.10 Å². The van der Waals surface area contributed by atoms with Crippen LogP contribution in [0.15, 0.2) is 29.4 Å². The third kappa shape index (κ3) is 5.68. The second-order valence-corrected chi connectivity index (χ2v) is 7.54. The highest BCUT2D eigenvalue weighted by Crippen LogP contribution is 2.21. The first kappa shape index (κ1) is 22.6. The van der Waals surface area contributed by atoms with Crippen LogP contribution in [0.4, 0.5) is 4.39 Å². The number of aliphatic imine (C=N–C) groups is 1. The third-order valence-electron chi connectivity index (χ3n) is 4.97. The molecule has 1 heterocycles. The van der Waals surface area contributed by atoms with E-state index in [2.05, 4.69) is 40.4 Å². The van der Waals surface area contributed by atoms with E-state index < -0.39 is 0 Å². The predicted octanol–water partition coefficient (Wildman–Crippen LogP) is 4.14. The van der Waals surface area contributed by atoms with Gasteiger partial charge in [-0.05, 0) is 63.3 Å². The highest BCUT2D eigenvalue weighted by atomic mass is 127. The summed E-state index contributed by atoms with van der Waals surface area (Å²) in [6, 6.07) is 5.98. The van der Waals surface area contributed by atoms with E-state index in [1.165, 1.54) is 11.3 Å². The average Bonchev–Trinajstić information content (AvgIpc) is 3.06. The van der Waals surface area contributed by atoms with Gasteiger partial charge in [0.1, 0.15) is 5.82 Å². The van der Waals surface area contributed by atoms with Gasteiger partial charge in [-0.1, -0.05) is 12.1 Å². The molecule has 1 aliphatic rings. The van der Waals surface area contributed by atoms with Crippen LogP contribution in [0.5, 0.6) is 0 Å². The SMILES string of the molecule is CCNC(=NCc1ccc(C)c(F)c1)NC1CCc2cn(C(C)C)nc2C1.I. The number of hydrogen-bond acceptors (Lipinski definition) is 2. The Hall–Kier alpha value is -1.64. The summed E-state index contributed by atoms with van der Waals surface area (Å²) in [5.41, 5.74) is 4.08. The van der Waals surface area contributed by atoms with Crippen molar-refractivity contribution in [2.45, 2.75) is 65.6 Å². The number of benzene rings is 1. The van der Waals surface area contributed by atoms with Crippen molar-refractivity contribution in [3.8, 4) is 0 Å². The van der Waals surface area contributed by atoms with E-state index in [0.717, 1.165) is 37.3 Å². The lowest BCUT2D eigenvalue weighted by Crippen LogP contribution is -2.45. The van der Waals surface area contributed by atoms with Gasteiger partial charge in [0, 0.05) is 31.2 Å². The second kappa shape index (κ2) is 10.2. The van der Waals surface area contributed by atoms with Crippen LogP contribution < -0.4 is 10.6 Å². The summed E-state index contributed by atoms with van der Waals surface area (Å²) in [6.45, 7) is 9.36. The maximum absolute atomic E-state index is 13.7. The molecule has 1 unspecified atom stereocenters. The molecule has 0 saturated heterocycles. The Morgan fingerprint density at radius 3 is 2.86 bits per heavy atom. The van der Waals surface area contributed by atoms with Gasteiger partial charge < -0.3 is 10.6 Å². The lowest BCUT2D eigenvalue weighted by molar-refractivity contribution is 0.499. The fourth-order valence-electron chi connectivity index (χ4n) is 3.32. The van der Waals surface area contributed by atoms with Crippen molar-refractivity contribution in [3.63, 3.8) is 0 Å². The zero-order valence-electron chi connectivity index (χ0n) is 17.1. The highest BCUT2D eigenvalue weighted by molar-refractivity contribution is 14.0.